The predicted molar refractivity (Wildman–Crippen MR) is 85.5 cm³/mol. The van der Waals surface area contributed by atoms with E-state index in [4.69, 9.17) is 5.73 Å². The molecule has 0 aromatic heterocycles. The Hall–Kier alpha value is -2.09. The molecule has 1 saturated carbocycles. The zero-order chi connectivity index (χ0) is 15.0. The molecule has 1 fully saturated rings. The molecule has 1 amide bonds. The molecule has 3 rings (SSSR count). The van der Waals surface area contributed by atoms with Crippen LogP contribution < -0.4 is 5.73 Å². The molecule has 2 aromatic rings. The van der Waals surface area contributed by atoms with Crippen LogP contribution in [0.25, 0.3) is 0 Å². The molecule has 1 aliphatic rings. The summed E-state index contributed by atoms with van der Waals surface area (Å²) in [6.45, 7) is 4.21. The molecule has 1 aliphatic carbocycles. The quantitative estimate of drug-likeness (QED) is 0.910. The fraction of sp³-hybridized carbons (Fsp3) is 0.316. The molecule has 0 saturated heterocycles. The van der Waals surface area contributed by atoms with Gasteiger partial charge in [-0.3, -0.25) is 4.79 Å². The van der Waals surface area contributed by atoms with Crippen molar-refractivity contribution in [3.05, 3.63) is 70.3 Å². The lowest BCUT2D eigenvalue weighted by molar-refractivity contribution is 0.0999. The second-order valence-corrected chi connectivity index (χ2v) is 5.94. The molecule has 21 heavy (non-hydrogen) atoms. The van der Waals surface area contributed by atoms with Gasteiger partial charge in [0, 0.05) is 11.0 Å². The summed E-state index contributed by atoms with van der Waals surface area (Å²) in [5.74, 6) is -0.339. The maximum absolute atomic E-state index is 11.6. The third-order valence-electron chi connectivity index (χ3n) is 4.78. The molecule has 2 N–H and O–H groups in total. The van der Waals surface area contributed by atoms with Crippen LogP contribution in [-0.4, -0.2) is 5.91 Å². The fourth-order valence-corrected chi connectivity index (χ4v) is 3.53. The van der Waals surface area contributed by atoms with Crippen molar-refractivity contribution < 1.29 is 4.79 Å². The summed E-state index contributed by atoms with van der Waals surface area (Å²) in [7, 11) is 0. The molecule has 108 valence electrons. The van der Waals surface area contributed by atoms with Gasteiger partial charge in [0.25, 0.3) is 0 Å². The van der Waals surface area contributed by atoms with E-state index in [1.165, 1.54) is 16.7 Å². The standard InChI is InChI=1S/C19H21NO/c1-3-14-7-4-5-9-17(14)19(11-12-19)16-10-6-8-15(13(16)2)18(20)21/h4-10H,3,11-12H2,1-2H3,(H2,20,21). The van der Waals surface area contributed by atoms with Crippen molar-refractivity contribution in [2.24, 2.45) is 5.73 Å². The van der Waals surface area contributed by atoms with Crippen LogP contribution in [0.2, 0.25) is 0 Å². The normalized spacial score (nSPS) is 15.7. The highest BCUT2D eigenvalue weighted by atomic mass is 16.1. The molecule has 0 radical (unpaired) electrons. The van der Waals surface area contributed by atoms with Crippen LogP contribution in [0.4, 0.5) is 0 Å². The molecular weight excluding hydrogens is 258 g/mol. The second kappa shape index (κ2) is 5.03. The number of benzene rings is 2. The third-order valence-corrected chi connectivity index (χ3v) is 4.78. The number of hydrogen-bond donors (Lipinski definition) is 1. The lowest BCUT2D eigenvalue weighted by atomic mass is 9.81. The van der Waals surface area contributed by atoms with E-state index >= 15 is 0 Å². The van der Waals surface area contributed by atoms with Crippen LogP contribution in [0.5, 0.6) is 0 Å². The Morgan fingerprint density at radius 2 is 1.76 bits per heavy atom. The first kappa shape index (κ1) is 13.9. The largest absolute Gasteiger partial charge is 0.366 e. The summed E-state index contributed by atoms with van der Waals surface area (Å²) < 4.78 is 0. The number of aryl methyl sites for hydroxylation is 1. The SMILES string of the molecule is CCc1ccccc1C1(c2cccc(C(N)=O)c2C)CC1. The maximum Gasteiger partial charge on any atom is 0.248 e. The van der Waals surface area contributed by atoms with Gasteiger partial charge >= 0.3 is 0 Å². The Balaban J connectivity index is 2.16. The van der Waals surface area contributed by atoms with Crippen molar-refractivity contribution in [2.75, 3.05) is 0 Å². The molecule has 0 aliphatic heterocycles. The van der Waals surface area contributed by atoms with E-state index in [0.29, 0.717) is 5.56 Å². The van der Waals surface area contributed by atoms with Gasteiger partial charge in [-0.2, -0.15) is 0 Å². The lowest BCUT2D eigenvalue weighted by Gasteiger charge is -2.22. The first-order valence-electron chi connectivity index (χ1n) is 7.58. The lowest BCUT2D eigenvalue weighted by Crippen LogP contribution is -2.18. The Bertz CT molecular complexity index is 698. The number of amides is 1. The topological polar surface area (TPSA) is 43.1 Å². The molecule has 0 bridgehead atoms. The van der Waals surface area contributed by atoms with E-state index in [-0.39, 0.29) is 11.3 Å². The minimum Gasteiger partial charge on any atom is -0.366 e. The summed E-state index contributed by atoms with van der Waals surface area (Å²) in [6.07, 6.45) is 3.33. The van der Waals surface area contributed by atoms with Crippen molar-refractivity contribution in [2.45, 2.75) is 38.5 Å². The van der Waals surface area contributed by atoms with Crippen molar-refractivity contribution >= 4 is 5.91 Å². The van der Waals surface area contributed by atoms with Crippen LogP contribution in [0, 0.1) is 6.92 Å². The fourth-order valence-electron chi connectivity index (χ4n) is 3.53. The molecule has 0 spiro atoms. The molecule has 0 unspecified atom stereocenters. The number of carbonyl (C=O) groups is 1. The summed E-state index contributed by atoms with van der Waals surface area (Å²) in [5, 5.41) is 0. The van der Waals surface area contributed by atoms with Gasteiger partial charge in [-0.25, -0.2) is 0 Å². The predicted octanol–water partition coefficient (Wildman–Crippen LogP) is 3.74. The summed E-state index contributed by atoms with van der Waals surface area (Å²) in [4.78, 5) is 11.6. The smallest absolute Gasteiger partial charge is 0.248 e. The Morgan fingerprint density at radius 3 is 2.38 bits per heavy atom. The highest BCUT2D eigenvalue weighted by Crippen LogP contribution is 2.55. The van der Waals surface area contributed by atoms with Crippen molar-refractivity contribution in [3.8, 4) is 0 Å². The van der Waals surface area contributed by atoms with Crippen LogP contribution in [0.1, 0.15) is 52.4 Å². The molecule has 2 heteroatoms. The van der Waals surface area contributed by atoms with Crippen LogP contribution in [0.3, 0.4) is 0 Å². The summed E-state index contributed by atoms with van der Waals surface area (Å²) in [6, 6.07) is 14.6. The number of rotatable bonds is 4. The molecule has 0 heterocycles. The van der Waals surface area contributed by atoms with Crippen molar-refractivity contribution in [3.63, 3.8) is 0 Å². The molecule has 2 nitrogen and oxygen atoms in total. The third kappa shape index (κ3) is 2.15. The highest BCUT2D eigenvalue weighted by molar-refractivity contribution is 5.94. The van der Waals surface area contributed by atoms with Gasteiger partial charge in [-0.1, -0.05) is 43.3 Å². The Morgan fingerprint density at radius 1 is 1.10 bits per heavy atom. The van der Waals surface area contributed by atoms with Crippen LogP contribution in [0.15, 0.2) is 42.5 Å². The van der Waals surface area contributed by atoms with Gasteiger partial charge in [-0.15, -0.1) is 0 Å². The average Bonchev–Trinajstić information content (AvgIpc) is 3.28. The Kier molecular flexibility index (Phi) is 3.32. The van der Waals surface area contributed by atoms with Crippen LogP contribution >= 0.6 is 0 Å². The maximum atomic E-state index is 11.6. The van der Waals surface area contributed by atoms with Crippen LogP contribution in [-0.2, 0) is 11.8 Å². The number of nitrogens with two attached hydrogens (primary N) is 1. The minimum atomic E-state index is -0.339. The van der Waals surface area contributed by atoms with Gasteiger partial charge in [0.05, 0.1) is 0 Å². The molecule has 2 aromatic carbocycles. The van der Waals surface area contributed by atoms with E-state index in [0.717, 1.165) is 24.8 Å². The first-order chi connectivity index (χ1) is 10.1. The molecule has 0 atom stereocenters. The van der Waals surface area contributed by atoms with E-state index in [1.54, 1.807) is 0 Å². The van der Waals surface area contributed by atoms with Gasteiger partial charge < -0.3 is 5.73 Å². The highest BCUT2D eigenvalue weighted by Gasteiger charge is 2.47. The van der Waals surface area contributed by atoms with Gasteiger partial charge in [0.2, 0.25) is 5.91 Å². The zero-order valence-electron chi connectivity index (χ0n) is 12.6. The number of carbonyl (C=O) groups excluding carboxylic acids is 1. The van der Waals surface area contributed by atoms with Gasteiger partial charge in [-0.05, 0) is 54.5 Å². The minimum absolute atomic E-state index is 0.0855. The average molecular weight is 279 g/mol. The van der Waals surface area contributed by atoms with Crippen molar-refractivity contribution in [1.82, 2.24) is 0 Å². The van der Waals surface area contributed by atoms with E-state index in [1.807, 2.05) is 19.1 Å². The Labute approximate surface area is 126 Å². The number of primary amides is 1. The second-order valence-electron chi connectivity index (χ2n) is 5.94. The summed E-state index contributed by atoms with van der Waals surface area (Å²) >= 11 is 0. The van der Waals surface area contributed by atoms with E-state index in [2.05, 4.69) is 37.3 Å². The van der Waals surface area contributed by atoms with Crippen molar-refractivity contribution in [1.29, 1.82) is 0 Å². The monoisotopic (exact) mass is 279 g/mol. The summed E-state index contributed by atoms with van der Waals surface area (Å²) in [5.41, 5.74) is 11.3. The zero-order valence-corrected chi connectivity index (χ0v) is 12.6. The number of hydrogen-bond acceptors (Lipinski definition) is 1. The van der Waals surface area contributed by atoms with E-state index in [9.17, 15) is 4.79 Å². The van der Waals surface area contributed by atoms with Gasteiger partial charge in [0.1, 0.15) is 0 Å². The molecular formula is C19H21NO. The van der Waals surface area contributed by atoms with E-state index < -0.39 is 0 Å². The van der Waals surface area contributed by atoms with Gasteiger partial charge in [0.15, 0.2) is 0 Å². The first-order valence-corrected chi connectivity index (χ1v) is 7.58.